The van der Waals surface area contributed by atoms with Gasteiger partial charge in [0.2, 0.25) is 0 Å². The van der Waals surface area contributed by atoms with Crippen LogP contribution in [-0.2, 0) is 0 Å². The van der Waals surface area contributed by atoms with Gasteiger partial charge in [0.25, 0.3) is 5.91 Å². The molecule has 1 N–H and O–H groups in total. The van der Waals surface area contributed by atoms with Crippen LogP contribution < -0.4 is 10.2 Å². The Bertz CT molecular complexity index is 988. The fourth-order valence-corrected chi connectivity index (χ4v) is 4.04. The molecule has 8 heteroatoms. The highest BCUT2D eigenvalue weighted by atomic mass is 35.5. The molecular formula is C21H21ClFN5O. The third-order valence-corrected chi connectivity index (χ3v) is 5.97. The first-order valence-electron chi connectivity index (χ1n) is 9.77. The Kier molecular flexibility index (Phi) is 5.37. The molecule has 1 amide bonds. The minimum absolute atomic E-state index is 0.0567. The largest absolute Gasteiger partial charge is 0.351 e. The molecule has 0 unspecified atom stereocenters. The summed E-state index contributed by atoms with van der Waals surface area (Å²) in [6, 6.07) is 6.55. The lowest BCUT2D eigenvalue weighted by atomic mass is 9.96. The molecular weight excluding hydrogens is 393 g/mol. The SMILES string of the molecule is C[C@@H]1[C@H](NC(=O)c2ccc(C3CC3)cc2F)CCCN1c1cnc(C#N)c(Cl)n1. The second-order valence-electron chi connectivity index (χ2n) is 7.65. The molecule has 1 aromatic carbocycles. The van der Waals surface area contributed by atoms with Gasteiger partial charge in [0.15, 0.2) is 10.8 Å². The number of halogens is 2. The number of carbonyl (C=O) groups is 1. The van der Waals surface area contributed by atoms with E-state index >= 15 is 0 Å². The summed E-state index contributed by atoms with van der Waals surface area (Å²) < 4.78 is 14.5. The van der Waals surface area contributed by atoms with Crippen LogP contribution in [0.15, 0.2) is 24.4 Å². The summed E-state index contributed by atoms with van der Waals surface area (Å²) in [7, 11) is 0. The number of nitrogens with one attached hydrogen (secondary N) is 1. The topological polar surface area (TPSA) is 81.9 Å². The Labute approximate surface area is 173 Å². The van der Waals surface area contributed by atoms with Gasteiger partial charge in [-0.3, -0.25) is 4.79 Å². The van der Waals surface area contributed by atoms with Gasteiger partial charge in [0.1, 0.15) is 17.7 Å². The van der Waals surface area contributed by atoms with Crippen LogP contribution in [-0.4, -0.2) is 34.5 Å². The monoisotopic (exact) mass is 413 g/mol. The Morgan fingerprint density at radius 2 is 2.17 bits per heavy atom. The van der Waals surface area contributed by atoms with Crippen LogP contribution in [0, 0.1) is 17.1 Å². The van der Waals surface area contributed by atoms with Gasteiger partial charge in [0.05, 0.1) is 11.8 Å². The van der Waals surface area contributed by atoms with Crippen molar-refractivity contribution in [1.82, 2.24) is 15.3 Å². The molecule has 2 heterocycles. The van der Waals surface area contributed by atoms with E-state index in [-0.39, 0.29) is 28.5 Å². The van der Waals surface area contributed by atoms with E-state index in [1.807, 2.05) is 24.0 Å². The number of nitriles is 1. The molecule has 2 fully saturated rings. The van der Waals surface area contributed by atoms with E-state index in [4.69, 9.17) is 16.9 Å². The summed E-state index contributed by atoms with van der Waals surface area (Å²) in [5.41, 5.74) is 1.11. The first-order chi connectivity index (χ1) is 14.0. The molecule has 29 heavy (non-hydrogen) atoms. The van der Waals surface area contributed by atoms with Crippen LogP contribution in [0.3, 0.4) is 0 Å². The molecule has 1 saturated heterocycles. The number of amides is 1. The van der Waals surface area contributed by atoms with E-state index in [1.54, 1.807) is 6.07 Å². The third kappa shape index (κ3) is 4.03. The summed E-state index contributed by atoms with van der Waals surface area (Å²) in [5.74, 6) is 0.110. The van der Waals surface area contributed by atoms with Gasteiger partial charge in [-0.15, -0.1) is 0 Å². The predicted molar refractivity (Wildman–Crippen MR) is 107 cm³/mol. The van der Waals surface area contributed by atoms with E-state index < -0.39 is 11.7 Å². The van der Waals surface area contributed by atoms with Gasteiger partial charge >= 0.3 is 0 Å². The van der Waals surface area contributed by atoms with Gasteiger partial charge in [-0.1, -0.05) is 17.7 Å². The molecule has 0 radical (unpaired) electrons. The molecule has 6 nitrogen and oxygen atoms in total. The quantitative estimate of drug-likeness (QED) is 0.824. The lowest BCUT2D eigenvalue weighted by molar-refractivity contribution is 0.0920. The van der Waals surface area contributed by atoms with Crippen molar-refractivity contribution >= 4 is 23.3 Å². The first-order valence-corrected chi connectivity index (χ1v) is 10.2. The number of anilines is 1. The van der Waals surface area contributed by atoms with E-state index in [1.165, 1.54) is 12.3 Å². The number of aromatic nitrogens is 2. The molecule has 2 aliphatic rings. The normalized spacial score (nSPS) is 21.5. The molecule has 0 bridgehead atoms. The highest BCUT2D eigenvalue weighted by Gasteiger charge is 2.31. The zero-order valence-electron chi connectivity index (χ0n) is 16.0. The Balaban J connectivity index is 1.48. The maximum atomic E-state index is 14.5. The number of piperidine rings is 1. The number of carbonyl (C=O) groups excluding carboxylic acids is 1. The van der Waals surface area contributed by atoms with Crippen LogP contribution in [0.1, 0.15) is 60.1 Å². The highest BCUT2D eigenvalue weighted by Crippen LogP contribution is 2.40. The van der Waals surface area contributed by atoms with E-state index in [0.717, 1.165) is 37.8 Å². The second-order valence-corrected chi connectivity index (χ2v) is 8.01. The molecule has 0 spiro atoms. The van der Waals surface area contributed by atoms with E-state index in [2.05, 4.69) is 15.3 Å². The van der Waals surface area contributed by atoms with E-state index in [9.17, 15) is 9.18 Å². The van der Waals surface area contributed by atoms with Gasteiger partial charge < -0.3 is 10.2 Å². The van der Waals surface area contributed by atoms with Gasteiger partial charge in [-0.05, 0) is 56.2 Å². The number of nitrogens with zero attached hydrogens (tertiary/aromatic N) is 4. The van der Waals surface area contributed by atoms with Crippen LogP contribution in [0.5, 0.6) is 0 Å². The van der Waals surface area contributed by atoms with Gasteiger partial charge in [-0.2, -0.15) is 5.26 Å². The zero-order valence-corrected chi connectivity index (χ0v) is 16.8. The van der Waals surface area contributed by atoms with Crippen molar-refractivity contribution in [3.63, 3.8) is 0 Å². The average molecular weight is 414 g/mol. The number of hydrogen-bond donors (Lipinski definition) is 1. The third-order valence-electron chi connectivity index (χ3n) is 5.71. The van der Waals surface area contributed by atoms with Crippen molar-refractivity contribution in [2.45, 2.75) is 50.6 Å². The molecule has 1 saturated carbocycles. The van der Waals surface area contributed by atoms with Crippen LogP contribution in [0.25, 0.3) is 0 Å². The first kappa shape index (κ1) is 19.6. The molecule has 2 atom stereocenters. The highest BCUT2D eigenvalue weighted by molar-refractivity contribution is 6.30. The lowest BCUT2D eigenvalue weighted by Crippen LogP contribution is -2.54. The maximum Gasteiger partial charge on any atom is 0.254 e. The van der Waals surface area contributed by atoms with Crippen LogP contribution >= 0.6 is 11.6 Å². The molecule has 2 aromatic rings. The summed E-state index contributed by atoms with van der Waals surface area (Å²) in [6.07, 6.45) is 5.30. The average Bonchev–Trinajstić information content (AvgIpc) is 3.54. The van der Waals surface area contributed by atoms with Crippen molar-refractivity contribution in [2.75, 3.05) is 11.4 Å². The molecule has 1 aromatic heterocycles. The molecule has 150 valence electrons. The van der Waals surface area contributed by atoms with Crippen molar-refractivity contribution in [2.24, 2.45) is 0 Å². The minimum atomic E-state index is -0.475. The van der Waals surface area contributed by atoms with Gasteiger partial charge in [0, 0.05) is 18.6 Å². The standard InChI is InChI=1S/C21H21ClFN5O/c1-12-17(3-2-8-28(12)19-11-25-18(10-24)20(22)27-19)26-21(29)15-7-6-14(9-16(15)23)13-4-5-13/h6-7,9,11-13,17H,2-5,8H2,1H3,(H,26,29)/t12-,17-/m1/s1. The van der Waals surface area contributed by atoms with Crippen LogP contribution in [0.4, 0.5) is 10.2 Å². The minimum Gasteiger partial charge on any atom is -0.351 e. The lowest BCUT2D eigenvalue weighted by Gasteiger charge is -2.40. The Morgan fingerprint density at radius 3 is 2.83 bits per heavy atom. The maximum absolute atomic E-state index is 14.5. The zero-order chi connectivity index (χ0) is 20.5. The molecule has 4 rings (SSSR count). The predicted octanol–water partition coefficient (Wildman–Crippen LogP) is 3.81. The van der Waals surface area contributed by atoms with E-state index in [0.29, 0.717) is 11.7 Å². The Hall–Kier alpha value is -2.72. The van der Waals surface area contributed by atoms with Crippen molar-refractivity contribution in [3.05, 3.63) is 52.2 Å². The number of benzene rings is 1. The van der Waals surface area contributed by atoms with Crippen molar-refractivity contribution in [3.8, 4) is 6.07 Å². The summed E-state index contributed by atoms with van der Waals surface area (Å²) in [4.78, 5) is 23.0. The summed E-state index contributed by atoms with van der Waals surface area (Å²) >= 11 is 6.02. The summed E-state index contributed by atoms with van der Waals surface area (Å²) in [5, 5.41) is 12.0. The molecule has 1 aliphatic heterocycles. The number of rotatable bonds is 4. The molecule has 1 aliphatic carbocycles. The van der Waals surface area contributed by atoms with Crippen molar-refractivity contribution < 1.29 is 9.18 Å². The Morgan fingerprint density at radius 1 is 1.38 bits per heavy atom. The van der Waals surface area contributed by atoms with Crippen LogP contribution in [0.2, 0.25) is 5.15 Å². The summed E-state index contributed by atoms with van der Waals surface area (Å²) in [6.45, 7) is 2.71. The fourth-order valence-electron chi connectivity index (χ4n) is 3.86. The van der Waals surface area contributed by atoms with Crippen molar-refractivity contribution in [1.29, 1.82) is 5.26 Å². The number of hydrogen-bond acceptors (Lipinski definition) is 5. The smallest absolute Gasteiger partial charge is 0.254 e. The fraction of sp³-hybridized carbons (Fsp3) is 0.429. The van der Waals surface area contributed by atoms with Gasteiger partial charge in [-0.25, -0.2) is 14.4 Å². The second kappa shape index (κ2) is 7.96.